The minimum Gasteiger partial charge on any atom is -0.398 e. The zero-order chi connectivity index (χ0) is 14.5. The number of benzene rings is 2. The molecule has 0 saturated carbocycles. The summed E-state index contributed by atoms with van der Waals surface area (Å²) < 4.78 is 0. The van der Waals surface area contributed by atoms with Gasteiger partial charge in [0.2, 0.25) is 0 Å². The van der Waals surface area contributed by atoms with Gasteiger partial charge in [-0.1, -0.05) is 30.3 Å². The maximum absolute atomic E-state index is 9.10. The number of hydrogen-bond acceptors (Lipinski definition) is 3. The zero-order valence-corrected chi connectivity index (χ0v) is 11.9. The van der Waals surface area contributed by atoms with Gasteiger partial charge in [-0.05, 0) is 37.6 Å². The van der Waals surface area contributed by atoms with Crippen molar-refractivity contribution in [2.75, 3.05) is 10.6 Å². The molecule has 2 N–H and O–H groups in total. The molecule has 20 heavy (non-hydrogen) atoms. The van der Waals surface area contributed by atoms with Crippen LogP contribution in [0.4, 0.5) is 11.4 Å². The highest BCUT2D eigenvalue weighted by atomic mass is 15.1. The highest BCUT2D eigenvalue weighted by Crippen LogP contribution is 2.24. The van der Waals surface area contributed by atoms with E-state index in [1.807, 2.05) is 30.3 Å². The summed E-state index contributed by atoms with van der Waals surface area (Å²) in [6, 6.07) is 18.4. The lowest BCUT2D eigenvalue weighted by molar-refractivity contribution is 0.682. The molecule has 0 saturated heterocycles. The molecule has 0 aliphatic rings. The van der Waals surface area contributed by atoms with Gasteiger partial charge < -0.3 is 10.6 Å². The van der Waals surface area contributed by atoms with E-state index >= 15 is 0 Å². The Kier molecular flexibility index (Phi) is 4.27. The maximum atomic E-state index is 9.10. The zero-order valence-electron chi connectivity index (χ0n) is 11.9. The summed E-state index contributed by atoms with van der Waals surface area (Å²) in [5, 5.41) is 9.10. The van der Waals surface area contributed by atoms with E-state index in [4.69, 9.17) is 11.0 Å². The fraction of sp³-hybridized carbons (Fsp3) is 0.235. The van der Waals surface area contributed by atoms with Gasteiger partial charge in [0.25, 0.3) is 0 Å². The Morgan fingerprint density at radius 3 is 2.45 bits per heavy atom. The van der Waals surface area contributed by atoms with Crippen LogP contribution in [0.3, 0.4) is 0 Å². The first-order valence-electron chi connectivity index (χ1n) is 6.72. The van der Waals surface area contributed by atoms with Crippen LogP contribution in [-0.2, 0) is 6.54 Å². The smallest absolute Gasteiger partial charge is 0.101 e. The van der Waals surface area contributed by atoms with E-state index < -0.39 is 0 Å². The Hall–Kier alpha value is -2.47. The second-order valence-electron chi connectivity index (χ2n) is 5.09. The Bertz CT molecular complexity index is 612. The van der Waals surface area contributed by atoms with E-state index in [9.17, 15) is 0 Å². The summed E-state index contributed by atoms with van der Waals surface area (Å²) in [7, 11) is 0. The van der Waals surface area contributed by atoms with Gasteiger partial charge in [0.05, 0.1) is 5.56 Å². The van der Waals surface area contributed by atoms with E-state index in [-0.39, 0.29) is 0 Å². The molecule has 0 bridgehead atoms. The molecule has 0 aliphatic carbocycles. The molecule has 0 amide bonds. The third-order valence-electron chi connectivity index (χ3n) is 3.31. The van der Waals surface area contributed by atoms with E-state index in [1.54, 1.807) is 6.07 Å². The van der Waals surface area contributed by atoms with Gasteiger partial charge in [0.1, 0.15) is 6.07 Å². The minimum absolute atomic E-state index is 0.338. The number of nitrogens with zero attached hydrogens (tertiary/aromatic N) is 2. The van der Waals surface area contributed by atoms with Gasteiger partial charge in [-0.25, -0.2) is 0 Å². The average molecular weight is 265 g/mol. The van der Waals surface area contributed by atoms with Crippen molar-refractivity contribution < 1.29 is 0 Å². The lowest BCUT2D eigenvalue weighted by atomic mass is 10.1. The molecule has 3 heteroatoms. The number of rotatable bonds is 4. The van der Waals surface area contributed by atoms with E-state index in [2.05, 4.69) is 36.9 Å². The minimum atomic E-state index is 0.338. The Labute approximate surface area is 120 Å². The summed E-state index contributed by atoms with van der Waals surface area (Å²) >= 11 is 0. The number of anilines is 2. The van der Waals surface area contributed by atoms with Gasteiger partial charge in [-0.3, -0.25) is 0 Å². The molecular weight excluding hydrogens is 246 g/mol. The van der Waals surface area contributed by atoms with Crippen molar-refractivity contribution in [2.24, 2.45) is 0 Å². The number of nitrogens with two attached hydrogens (primary N) is 1. The number of nitriles is 1. The Balaban J connectivity index is 2.32. The normalized spacial score (nSPS) is 10.3. The summed E-state index contributed by atoms with van der Waals surface area (Å²) in [5.74, 6) is 0. The largest absolute Gasteiger partial charge is 0.398 e. The van der Waals surface area contributed by atoms with Gasteiger partial charge in [-0.15, -0.1) is 0 Å². The van der Waals surface area contributed by atoms with Crippen molar-refractivity contribution in [1.29, 1.82) is 5.26 Å². The highest BCUT2D eigenvalue weighted by Gasteiger charge is 2.12. The van der Waals surface area contributed by atoms with Crippen LogP contribution in [0.5, 0.6) is 0 Å². The maximum Gasteiger partial charge on any atom is 0.101 e. The van der Waals surface area contributed by atoms with Crippen LogP contribution in [-0.4, -0.2) is 6.04 Å². The van der Waals surface area contributed by atoms with Crippen LogP contribution in [0.15, 0.2) is 48.5 Å². The first-order chi connectivity index (χ1) is 9.61. The van der Waals surface area contributed by atoms with Crippen molar-refractivity contribution in [1.82, 2.24) is 0 Å². The van der Waals surface area contributed by atoms with Gasteiger partial charge in [-0.2, -0.15) is 5.26 Å². The van der Waals surface area contributed by atoms with Gasteiger partial charge >= 0.3 is 0 Å². The van der Waals surface area contributed by atoms with Crippen LogP contribution in [0.25, 0.3) is 0 Å². The number of nitrogen functional groups attached to an aromatic ring is 1. The molecule has 2 aromatic rings. The lowest BCUT2D eigenvalue weighted by Gasteiger charge is -2.29. The molecule has 2 rings (SSSR count). The fourth-order valence-electron chi connectivity index (χ4n) is 2.17. The third kappa shape index (κ3) is 3.10. The Morgan fingerprint density at radius 1 is 1.15 bits per heavy atom. The SMILES string of the molecule is CC(C)N(Cc1ccccc1)c1ccc(N)c(C#N)c1. The second kappa shape index (κ2) is 6.12. The number of hydrogen-bond donors (Lipinski definition) is 1. The average Bonchev–Trinajstić information content (AvgIpc) is 2.46. The van der Waals surface area contributed by atoms with Crippen LogP contribution >= 0.6 is 0 Å². The summed E-state index contributed by atoms with van der Waals surface area (Å²) in [4.78, 5) is 2.26. The van der Waals surface area contributed by atoms with Crippen LogP contribution in [0.1, 0.15) is 25.0 Å². The predicted octanol–water partition coefficient (Wildman–Crippen LogP) is 3.56. The molecule has 0 atom stereocenters. The fourth-order valence-corrected chi connectivity index (χ4v) is 2.17. The van der Waals surface area contributed by atoms with Crippen molar-refractivity contribution in [3.8, 4) is 6.07 Å². The molecule has 0 heterocycles. The monoisotopic (exact) mass is 265 g/mol. The quantitative estimate of drug-likeness (QED) is 0.860. The third-order valence-corrected chi connectivity index (χ3v) is 3.31. The van der Waals surface area contributed by atoms with Crippen molar-refractivity contribution in [3.63, 3.8) is 0 Å². The van der Waals surface area contributed by atoms with Crippen LogP contribution in [0, 0.1) is 11.3 Å². The summed E-state index contributed by atoms with van der Waals surface area (Å²) in [6.07, 6.45) is 0. The standard InChI is InChI=1S/C17H19N3/c1-13(2)20(12-14-6-4-3-5-7-14)16-8-9-17(19)15(10-16)11-18/h3-10,13H,12,19H2,1-2H3. The lowest BCUT2D eigenvalue weighted by Crippen LogP contribution is -2.30. The molecule has 102 valence electrons. The van der Waals surface area contributed by atoms with Gasteiger partial charge in [0.15, 0.2) is 0 Å². The molecule has 0 spiro atoms. The van der Waals surface area contributed by atoms with Crippen LogP contribution < -0.4 is 10.6 Å². The first-order valence-corrected chi connectivity index (χ1v) is 6.72. The van der Waals surface area contributed by atoms with E-state index in [0.29, 0.717) is 17.3 Å². The molecular formula is C17H19N3. The van der Waals surface area contributed by atoms with Crippen molar-refractivity contribution in [3.05, 3.63) is 59.7 Å². The summed E-state index contributed by atoms with van der Waals surface area (Å²) in [5.41, 5.74) is 9.11. The molecule has 3 nitrogen and oxygen atoms in total. The Morgan fingerprint density at radius 2 is 1.85 bits per heavy atom. The van der Waals surface area contributed by atoms with Crippen molar-refractivity contribution in [2.45, 2.75) is 26.4 Å². The topological polar surface area (TPSA) is 53.0 Å². The molecule has 0 radical (unpaired) electrons. The van der Waals surface area contributed by atoms with Crippen molar-refractivity contribution >= 4 is 11.4 Å². The van der Waals surface area contributed by atoms with Crippen LogP contribution in [0.2, 0.25) is 0 Å². The summed E-state index contributed by atoms with van der Waals surface area (Å²) in [6.45, 7) is 5.10. The van der Waals surface area contributed by atoms with E-state index in [0.717, 1.165) is 12.2 Å². The molecule has 0 unspecified atom stereocenters. The molecule has 0 aromatic heterocycles. The molecule has 2 aromatic carbocycles. The second-order valence-corrected chi connectivity index (χ2v) is 5.09. The molecule has 0 fully saturated rings. The van der Waals surface area contributed by atoms with Gasteiger partial charge in [0, 0.05) is 24.0 Å². The highest BCUT2D eigenvalue weighted by molar-refractivity contribution is 5.63. The van der Waals surface area contributed by atoms with E-state index in [1.165, 1.54) is 5.56 Å². The predicted molar refractivity (Wildman–Crippen MR) is 83.3 cm³/mol. The molecule has 0 aliphatic heterocycles. The first kappa shape index (κ1) is 14.0.